The van der Waals surface area contributed by atoms with E-state index in [1.165, 1.54) is 18.2 Å². The molecule has 50 heavy (non-hydrogen) atoms. The number of aryl methyl sites for hydroxylation is 2. The molecule has 3 N–H and O–H groups in total. The van der Waals surface area contributed by atoms with E-state index < -0.39 is 17.0 Å². The van der Waals surface area contributed by atoms with E-state index in [0.717, 1.165) is 29.6 Å². The van der Waals surface area contributed by atoms with E-state index >= 15 is 0 Å². The first-order valence-corrected chi connectivity index (χ1v) is 15.8. The number of guanidine groups is 1. The number of anilines is 3. The number of nitrogens with zero attached hydrogens (tertiary/aromatic N) is 6. The van der Waals surface area contributed by atoms with Gasteiger partial charge in [0.05, 0.1) is 35.0 Å². The molecule has 14 nitrogen and oxygen atoms in total. The Morgan fingerprint density at radius 3 is 2.52 bits per heavy atom. The Bertz CT molecular complexity index is 1910. The van der Waals surface area contributed by atoms with Gasteiger partial charge in [-0.2, -0.15) is 0 Å². The van der Waals surface area contributed by atoms with Gasteiger partial charge in [0, 0.05) is 62.4 Å². The zero-order valence-electron chi connectivity index (χ0n) is 28.1. The van der Waals surface area contributed by atoms with Crippen LogP contribution in [0, 0.1) is 29.9 Å². The molecule has 0 aliphatic carbocycles. The van der Waals surface area contributed by atoms with Crippen LogP contribution >= 0.6 is 0 Å². The number of urea groups is 1. The Kier molecular flexibility index (Phi) is 11.1. The molecular weight excluding hydrogens is 640 g/mol. The highest BCUT2D eigenvalue weighted by molar-refractivity contribution is 6.06. The number of aromatic nitrogens is 1. The summed E-state index contributed by atoms with van der Waals surface area (Å²) in [6.45, 7) is 4.34. The van der Waals surface area contributed by atoms with E-state index in [1.54, 1.807) is 41.4 Å². The normalized spacial score (nSPS) is 16.4. The fourth-order valence-electron chi connectivity index (χ4n) is 5.57. The number of rotatable bonds is 9. The molecule has 4 aromatic rings. The molecule has 1 aromatic heterocycles. The van der Waals surface area contributed by atoms with Gasteiger partial charge in [-0.05, 0) is 55.3 Å². The molecule has 2 atom stereocenters. The van der Waals surface area contributed by atoms with Crippen LogP contribution in [0.1, 0.15) is 27.2 Å². The van der Waals surface area contributed by atoms with Crippen LogP contribution in [-0.2, 0) is 6.42 Å². The van der Waals surface area contributed by atoms with Crippen LogP contribution < -0.4 is 20.3 Å². The number of hydrogen-bond donors (Lipinski definition) is 3. The Morgan fingerprint density at radius 2 is 1.80 bits per heavy atom. The number of carbonyl (C=O) groups is 2. The number of carbonyl (C=O) groups excluding carboxylic acids is 2. The largest absolute Gasteiger partial charge is 0.486 e. The zero-order valence-corrected chi connectivity index (χ0v) is 28.1. The number of nitrogens with one attached hydrogen (secondary N) is 2. The molecule has 2 unspecified atom stereocenters. The number of pyridine rings is 1. The molecule has 14 heteroatoms. The molecule has 0 bridgehead atoms. The van der Waals surface area contributed by atoms with E-state index in [9.17, 15) is 19.7 Å². The quantitative estimate of drug-likeness (QED) is 0.155. The summed E-state index contributed by atoms with van der Waals surface area (Å²) in [6.07, 6.45) is 3.61. The predicted molar refractivity (Wildman–Crippen MR) is 192 cm³/mol. The van der Waals surface area contributed by atoms with E-state index in [-0.39, 0.29) is 35.6 Å². The Hall–Kier alpha value is -6.15. The molecule has 0 radical (unpaired) electrons. The summed E-state index contributed by atoms with van der Waals surface area (Å²) < 4.78 is 5.77. The Balaban J connectivity index is 0.00000239. The van der Waals surface area contributed by atoms with E-state index in [4.69, 9.17) is 14.8 Å². The van der Waals surface area contributed by atoms with Crippen molar-refractivity contribution < 1.29 is 24.4 Å². The van der Waals surface area contributed by atoms with Crippen molar-refractivity contribution in [1.29, 1.82) is 0 Å². The predicted octanol–water partition coefficient (Wildman–Crippen LogP) is 5.46. The average Bonchev–Trinajstić information content (AvgIpc) is 3.13. The number of benzene rings is 3. The van der Waals surface area contributed by atoms with Crippen LogP contribution in [0.15, 0.2) is 95.0 Å². The zero-order chi connectivity index (χ0) is 35.8. The molecule has 3 aromatic carbocycles. The third kappa shape index (κ3) is 8.10. The first kappa shape index (κ1) is 35.2. The van der Waals surface area contributed by atoms with Crippen molar-refractivity contribution in [2.75, 3.05) is 42.8 Å². The number of aliphatic hydroxyl groups is 1. The molecule has 1 saturated heterocycles. The second-order valence-corrected chi connectivity index (χ2v) is 11.6. The van der Waals surface area contributed by atoms with Crippen LogP contribution in [-0.4, -0.2) is 77.5 Å². The van der Waals surface area contributed by atoms with Gasteiger partial charge >= 0.3 is 11.7 Å². The number of nitro groups is 1. The van der Waals surface area contributed by atoms with Gasteiger partial charge < -0.3 is 25.4 Å². The average molecular weight is 679 g/mol. The highest BCUT2D eigenvalue weighted by Gasteiger charge is 2.40. The summed E-state index contributed by atoms with van der Waals surface area (Å²) in [6, 6.07) is 22.5. The van der Waals surface area contributed by atoms with E-state index in [0.29, 0.717) is 30.3 Å². The molecule has 2 aliphatic rings. The summed E-state index contributed by atoms with van der Waals surface area (Å²) >= 11 is 0. The lowest BCUT2D eigenvalue weighted by atomic mass is 10.0. The minimum absolute atomic E-state index is 0.00961. The number of ether oxygens (including phenoxy) is 1. The SMILES string of the molecule is CO.Cc1ccc(NC2=NC3C(C=N2)CN(c2cc(NC(=O)c4ccc([N+](=O)[O-])c(OCCc5ccccc5)c4)ccc2C)C(=O)N3C)cn1. The lowest BCUT2D eigenvalue weighted by Gasteiger charge is -2.43. The maximum Gasteiger partial charge on any atom is 0.325 e. The first-order valence-electron chi connectivity index (χ1n) is 15.8. The number of amides is 3. The first-order chi connectivity index (χ1) is 24.2. The van der Waals surface area contributed by atoms with Crippen molar-refractivity contribution >= 4 is 46.9 Å². The van der Waals surface area contributed by atoms with Gasteiger partial charge in [0.2, 0.25) is 5.96 Å². The number of hydrogen-bond acceptors (Lipinski definition) is 10. The topological polar surface area (TPSA) is 175 Å². The smallest absolute Gasteiger partial charge is 0.325 e. The summed E-state index contributed by atoms with van der Waals surface area (Å²) in [5.41, 5.74) is 4.55. The van der Waals surface area contributed by atoms with Gasteiger partial charge in [0.25, 0.3) is 5.91 Å². The van der Waals surface area contributed by atoms with Crippen molar-refractivity contribution in [2.24, 2.45) is 15.9 Å². The maximum absolute atomic E-state index is 13.6. The number of aliphatic hydroxyl groups excluding tert-OH is 1. The van der Waals surface area contributed by atoms with Crippen molar-refractivity contribution in [2.45, 2.75) is 26.4 Å². The van der Waals surface area contributed by atoms with Crippen LogP contribution in [0.3, 0.4) is 0 Å². The number of nitro benzene ring substituents is 1. The van der Waals surface area contributed by atoms with Gasteiger partial charge in [-0.25, -0.2) is 14.8 Å². The Morgan fingerprint density at radius 1 is 1.04 bits per heavy atom. The van der Waals surface area contributed by atoms with E-state index in [1.807, 2.05) is 62.4 Å². The molecule has 0 saturated carbocycles. The lowest BCUT2D eigenvalue weighted by molar-refractivity contribution is -0.385. The van der Waals surface area contributed by atoms with Gasteiger partial charge in [-0.15, -0.1) is 0 Å². The van der Waals surface area contributed by atoms with Gasteiger partial charge in [0.15, 0.2) is 5.75 Å². The van der Waals surface area contributed by atoms with Crippen molar-refractivity contribution in [3.05, 3.63) is 118 Å². The molecule has 3 amide bonds. The fraction of sp³-hybridized carbons (Fsp3) is 0.250. The Labute approximate surface area is 289 Å². The van der Waals surface area contributed by atoms with Gasteiger partial charge in [-0.3, -0.25) is 24.8 Å². The number of fused-ring (bicyclic) bond motifs is 1. The standard InChI is InChI=1S/C35H34N8O5.CH4O/c1-22-9-12-27(38-33(44)25-11-14-29(43(46)47)31(17-25)48-16-15-24-7-5-4-6-8-24)18-30(22)42-21-26-19-37-34(40-32(26)41(3)35(42)45)39-28-13-10-23(2)36-20-28;1-2/h4-14,17-20,26,32H,15-16,21H2,1-3H3,(H,38,44)(H,39,40);2H,1H3. The molecule has 3 heterocycles. The maximum atomic E-state index is 13.6. The summed E-state index contributed by atoms with van der Waals surface area (Å²) in [7, 11) is 2.70. The van der Waals surface area contributed by atoms with Crippen LogP contribution in [0.5, 0.6) is 5.75 Å². The fourth-order valence-corrected chi connectivity index (χ4v) is 5.57. The second kappa shape index (κ2) is 15.8. The third-order valence-electron chi connectivity index (χ3n) is 8.18. The third-order valence-corrected chi connectivity index (χ3v) is 8.18. The summed E-state index contributed by atoms with van der Waals surface area (Å²) in [5, 5.41) is 24.7. The molecular formula is C36H38N8O6. The number of aliphatic imine (C=N–C) groups is 2. The van der Waals surface area contributed by atoms with Crippen molar-refractivity contribution in [3.8, 4) is 5.75 Å². The molecule has 6 rings (SSSR count). The lowest BCUT2D eigenvalue weighted by Crippen LogP contribution is -2.58. The summed E-state index contributed by atoms with van der Waals surface area (Å²) in [5.74, 6) is -0.248. The highest BCUT2D eigenvalue weighted by Crippen LogP contribution is 2.33. The van der Waals surface area contributed by atoms with Crippen molar-refractivity contribution in [3.63, 3.8) is 0 Å². The second-order valence-electron chi connectivity index (χ2n) is 11.6. The minimum atomic E-state index is -0.538. The van der Waals surface area contributed by atoms with Gasteiger partial charge in [0.1, 0.15) is 6.17 Å². The van der Waals surface area contributed by atoms with Gasteiger partial charge in [-0.1, -0.05) is 36.4 Å². The van der Waals surface area contributed by atoms with E-state index in [2.05, 4.69) is 20.6 Å². The minimum Gasteiger partial charge on any atom is -0.486 e. The molecule has 0 spiro atoms. The highest BCUT2D eigenvalue weighted by atomic mass is 16.6. The summed E-state index contributed by atoms with van der Waals surface area (Å²) in [4.78, 5) is 54.8. The monoisotopic (exact) mass is 678 g/mol. The molecule has 1 fully saturated rings. The van der Waals surface area contributed by atoms with Crippen molar-refractivity contribution in [1.82, 2.24) is 9.88 Å². The van der Waals surface area contributed by atoms with Crippen LogP contribution in [0.2, 0.25) is 0 Å². The van der Waals surface area contributed by atoms with Crippen LogP contribution in [0.25, 0.3) is 0 Å². The molecule has 258 valence electrons. The van der Waals surface area contributed by atoms with Crippen LogP contribution in [0.4, 0.5) is 27.5 Å². The molecule has 2 aliphatic heterocycles.